The molecule has 6 nitrogen and oxygen atoms in total. The summed E-state index contributed by atoms with van der Waals surface area (Å²) >= 11 is 1.83. The second kappa shape index (κ2) is 9.78. The number of halogens is 1. The molecule has 0 bridgehead atoms. The number of anilines is 1. The Morgan fingerprint density at radius 1 is 1.27 bits per heavy atom. The summed E-state index contributed by atoms with van der Waals surface area (Å²) in [6, 6.07) is 3.20. The first-order valence-corrected chi connectivity index (χ1v) is 13.2. The highest BCUT2D eigenvalue weighted by Gasteiger charge is 2.22. The molecule has 164 valence electrons. The Labute approximate surface area is 183 Å². The van der Waals surface area contributed by atoms with Crippen molar-refractivity contribution in [3.63, 3.8) is 0 Å². The van der Waals surface area contributed by atoms with Crippen molar-refractivity contribution >= 4 is 39.3 Å². The molecule has 2 N–H and O–H groups in total. The maximum Gasteiger partial charge on any atom is 0.261 e. The van der Waals surface area contributed by atoms with E-state index in [9.17, 15) is 13.4 Å². The highest BCUT2D eigenvalue weighted by Crippen LogP contribution is 2.30. The predicted molar refractivity (Wildman–Crippen MR) is 123 cm³/mol. The molecule has 1 aliphatic heterocycles. The van der Waals surface area contributed by atoms with Crippen molar-refractivity contribution < 1.29 is 8.60 Å². The number of fused-ring (bicyclic) bond motifs is 1. The Bertz CT molecular complexity index is 977. The normalized spacial score (nSPS) is 22.3. The van der Waals surface area contributed by atoms with Gasteiger partial charge in [-0.3, -0.25) is 4.79 Å². The van der Waals surface area contributed by atoms with Gasteiger partial charge in [0.05, 0.1) is 22.3 Å². The third-order valence-electron chi connectivity index (χ3n) is 5.94. The molecule has 2 aromatic rings. The van der Waals surface area contributed by atoms with Crippen LogP contribution in [0.4, 0.5) is 10.1 Å². The van der Waals surface area contributed by atoms with E-state index in [2.05, 4.69) is 15.3 Å². The molecular weight excluding hydrogens is 423 g/mol. The van der Waals surface area contributed by atoms with E-state index in [-0.39, 0.29) is 11.4 Å². The van der Waals surface area contributed by atoms with E-state index in [4.69, 9.17) is 0 Å². The molecule has 2 unspecified atom stereocenters. The molecule has 1 saturated heterocycles. The number of aromatic nitrogens is 2. The second-order valence-corrected chi connectivity index (χ2v) is 10.9. The van der Waals surface area contributed by atoms with Gasteiger partial charge in [-0.1, -0.05) is 19.3 Å². The van der Waals surface area contributed by atoms with Crippen molar-refractivity contribution in [2.75, 3.05) is 24.7 Å². The van der Waals surface area contributed by atoms with E-state index >= 15 is 0 Å². The van der Waals surface area contributed by atoms with E-state index in [1.54, 1.807) is 12.3 Å². The van der Waals surface area contributed by atoms with E-state index in [0.29, 0.717) is 34.6 Å². The van der Waals surface area contributed by atoms with Crippen molar-refractivity contribution in [1.29, 1.82) is 0 Å². The van der Waals surface area contributed by atoms with Crippen LogP contribution in [0.15, 0.2) is 16.9 Å². The molecule has 0 radical (unpaired) electrons. The van der Waals surface area contributed by atoms with Crippen molar-refractivity contribution in [3.05, 3.63) is 34.1 Å². The number of piperidine rings is 1. The Kier molecular flexibility index (Phi) is 7.10. The van der Waals surface area contributed by atoms with Crippen LogP contribution in [-0.2, 0) is 16.7 Å². The van der Waals surface area contributed by atoms with E-state index in [1.807, 2.05) is 16.1 Å². The lowest BCUT2D eigenvalue weighted by atomic mass is 10.0. The van der Waals surface area contributed by atoms with Gasteiger partial charge in [0.1, 0.15) is 17.0 Å². The van der Waals surface area contributed by atoms with Gasteiger partial charge < -0.3 is 10.3 Å². The number of H-pyrrole nitrogens is 1. The average Bonchev–Trinajstić information content (AvgIpc) is 2.72. The first-order valence-electron chi connectivity index (χ1n) is 10.7. The summed E-state index contributed by atoms with van der Waals surface area (Å²) in [5.74, 6) is 0.668. The first-order chi connectivity index (χ1) is 14.5. The maximum absolute atomic E-state index is 14.7. The van der Waals surface area contributed by atoms with Crippen molar-refractivity contribution in [3.8, 4) is 0 Å². The highest BCUT2D eigenvalue weighted by molar-refractivity contribution is 7.99. The van der Waals surface area contributed by atoms with Gasteiger partial charge in [0.2, 0.25) is 0 Å². The van der Waals surface area contributed by atoms with E-state index in [1.165, 1.54) is 38.2 Å². The Hall–Kier alpha value is -1.45. The fourth-order valence-electron chi connectivity index (χ4n) is 4.38. The van der Waals surface area contributed by atoms with Gasteiger partial charge >= 0.3 is 0 Å². The molecule has 0 spiro atoms. The number of nitrogens with zero attached hydrogens (tertiary/aromatic N) is 2. The lowest BCUT2D eigenvalue weighted by Crippen LogP contribution is -2.42. The molecule has 4 rings (SSSR count). The van der Waals surface area contributed by atoms with Crippen LogP contribution in [0.3, 0.4) is 0 Å². The number of nitrogens with one attached hydrogen (secondary N) is 2. The highest BCUT2D eigenvalue weighted by atomic mass is 32.2. The largest absolute Gasteiger partial charge is 0.381 e. The summed E-state index contributed by atoms with van der Waals surface area (Å²) < 4.78 is 28.4. The summed E-state index contributed by atoms with van der Waals surface area (Å²) in [6.45, 7) is 1.46. The Morgan fingerprint density at radius 2 is 2.07 bits per heavy atom. The van der Waals surface area contributed by atoms with Gasteiger partial charge in [0.25, 0.3) is 5.56 Å². The second-order valence-electron chi connectivity index (χ2n) is 8.23. The van der Waals surface area contributed by atoms with Crippen LogP contribution in [0.2, 0.25) is 0 Å². The smallest absolute Gasteiger partial charge is 0.261 e. The molecule has 0 amide bonds. The SMILES string of the molecule is CS(=O)N1CCCC(Nc2cc(F)c3c(=O)[nH]c(CSC4CCCCC4)nc3c2)C1. The van der Waals surface area contributed by atoms with Crippen LogP contribution < -0.4 is 10.9 Å². The molecule has 30 heavy (non-hydrogen) atoms. The fraction of sp³-hybridized carbons (Fsp3) is 0.619. The number of hydrogen-bond acceptors (Lipinski definition) is 5. The molecule has 1 saturated carbocycles. The number of thioether (sulfide) groups is 1. The molecule has 2 heterocycles. The minimum absolute atomic E-state index is 0.00639. The molecule has 2 aliphatic rings. The maximum atomic E-state index is 14.7. The summed E-state index contributed by atoms with van der Waals surface area (Å²) in [4.78, 5) is 19.8. The van der Waals surface area contributed by atoms with Crippen LogP contribution in [0.5, 0.6) is 0 Å². The molecule has 1 aromatic heterocycles. The van der Waals surface area contributed by atoms with E-state index in [0.717, 1.165) is 19.4 Å². The number of aromatic amines is 1. The van der Waals surface area contributed by atoms with Gasteiger partial charge in [-0.2, -0.15) is 11.8 Å². The minimum Gasteiger partial charge on any atom is -0.381 e. The zero-order chi connectivity index (χ0) is 21.1. The Morgan fingerprint density at radius 3 is 2.83 bits per heavy atom. The lowest BCUT2D eigenvalue weighted by Gasteiger charge is -2.31. The molecule has 2 atom stereocenters. The summed E-state index contributed by atoms with van der Waals surface area (Å²) in [7, 11) is -1.01. The monoisotopic (exact) mass is 452 g/mol. The topological polar surface area (TPSA) is 78.1 Å². The summed E-state index contributed by atoms with van der Waals surface area (Å²) in [5.41, 5.74) is 0.568. The number of rotatable bonds is 6. The van der Waals surface area contributed by atoms with Gasteiger partial charge in [0, 0.05) is 36.3 Å². The van der Waals surface area contributed by atoms with E-state index < -0.39 is 22.4 Å². The zero-order valence-corrected chi connectivity index (χ0v) is 18.9. The molecular formula is C21H29FN4O2S2. The fourth-order valence-corrected chi connectivity index (χ4v) is 6.35. The minimum atomic E-state index is -1.01. The van der Waals surface area contributed by atoms with Crippen molar-refractivity contribution in [1.82, 2.24) is 14.3 Å². The molecule has 1 aliphatic carbocycles. The third kappa shape index (κ3) is 5.23. The summed E-state index contributed by atoms with van der Waals surface area (Å²) in [6.07, 6.45) is 9.82. The quantitative estimate of drug-likeness (QED) is 0.697. The van der Waals surface area contributed by atoms with Crippen molar-refractivity contribution in [2.24, 2.45) is 0 Å². The standard InChI is InChI=1S/C21H29FN4O2S2/c1-30(28)26-9-5-6-14(12-26)23-15-10-17(22)20-18(11-15)24-19(25-21(20)27)13-29-16-7-3-2-4-8-16/h10-11,14,16,23H,2-9,12-13H2,1H3,(H,24,25,27). The van der Waals surface area contributed by atoms with Crippen LogP contribution in [0.25, 0.3) is 10.9 Å². The third-order valence-corrected chi connectivity index (χ3v) is 8.38. The van der Waals surface area contributed by atoms with Gasteiger partial charge in [-0.15, -0.1) is 0 Å². The van der Waals surface area contributed by atoms with Crippen molar-refractivity contribution in [2.45, 2.75) is 62.0 Å². The first kappa shape index (κ1) is 21.8. The van der Waals surface area contributed by atoms with Crippen LogP contribution >= 0.6 is 11.8 Å². The van der Waals surface area contributed by atoms with Crippen LogP contribution in [0.1, 0.15) is 50.8 Å². The van der Waals surface area contributed by atoms with Crippen LogP contribution in [0, 0.1) is 5.82 Å². The Balaban J connectivity index is 1.52. The average molecular weight is 453 g/mol. The zero-order valence-electron chi connectivity index (χ0n) is 17.3. The predicted octanol–water partition coefficient (Wildman–Crippen LogP) is 3.80. The molecule has 9 heteroatoms. The summed E-state index contributed by atoms with van der Waals surface area (Å²) in [5, 5.41) is 3.97. The van der Waals surface area contributed by atoms with Gasteiger partial charge in [-0.25, -0.2) is 17.9 Å². The number of hydrogen-bond donors (Lipinski definition) is 2. The molecule has 1 aromatic carbocycles. The number of benzene rings is 1. The lowest BCUT2D eigenvalue weighted by molar-refractivity contribution is 0.344. The molecule has 2 fully saturated rings. The van der Waals surface area contributed by atoms with Gasteiger partial charge in [0.15, 0.2) is 0 Å². The van der Waals surface area contributed by atoms with Gasteiger partial charge in [-0.05, 0) is 37.8 Å². The van der Waals surface area contributed by atoms with Crippen LogP contribution in [-0.4, -0.2) is 49.1 Å².